The van der Waals surface area contributed by atoms with Crippen LogP contribution in [0.4, 0.5) is 0 Å². The molecule has 1 aliphatic rings. The molecule has 0 bridgehead atoms. The molecular weight excluding hydrogens is 426 g/mol. The van der Waals surface area contributed by atoms with E-state index in [0.717, 1.165) is 16.7 Å². The van der Waals surface area contributed by atoms with E-state index in [-0.39, 0.29) is 12.5 Å². The van der Waals surface area contributed by atoms with Crippen LogP contribution in [0.3, 0.4) is 0 Å². The molecule has 5 heteroatoms. The van der Waals surface area contributed by atoms with Gasteiger partial charge in [0.15, 0.2) is 0 Å². The number of hydrogen-bond acceptors (Lipinski definition) is 5. The van der Waals surface area contributed by atoms with Gasteiger partial charge in [0.05, 0.1) is 38.9 Å². The second-order valence-electron chi connectivity index (χ2n) is 8.70. The van der Waals surface area contributed by atoms with E-state index in [1.54, 1.807) is 0 Å². The number of benzene rings is 3. The lowest BCUT2D eigenvalue weighted by Crippen LogP contribution is -2.49. The first kappa shape index (κ1) is 24.1. The Hall–Kier alpha value is -3.01. The minimum atomic E-state index is -0.804. The third-order valence-electron chi connectivity index (χ3n) is 6.22. The van der Waals surface area contributed by atoms with E-state index >= 15 is 0 Å². The van der Waals surface area contributed by atoms with Gasteiger partial charge in [-0.2, -0.15) is 5.26 Å². The third kappa shape index (κ3) is 6.11. The molecule has 4 rings (SSSR count). The molecule has 4 atom stereocenters. The molecule has 0 spiro atoms. The van der Waals surface area contributed by atoms with Crippen LogP contribution in [0.15, 0.2) is 91.0 Å². The molecular formula is C29H31NO4. The lowest BCUT2D eigenvalue weighted by atomic mass is 9.90. The summed E-state index contributed by atoms with van der Waals surface area (Å²) in [6.07, 6.45) is -0.963. The highest BCUT2D eigenvalue weighted by Gasteiger charge is 2.55. The van der Waals surface area contributed by atoms with Crippen LogP contribution in [0, 0.1) is 11.3 Å². The molecule has 176 valence electrons. The van der Waals surface area contributed by atoms with Crippen LogP contribution in [0.2, 0.25) is 0 Å². The van der Waals surface area contributed by atoms with Crippen molar-refractivity contribution in [1.29, 1.82) is 5.26 Å². The van der Waals surface area contributed by atoms with Gasteiger partial charge in [-0.3, -0.25) is 0 Å². The fourth-order valence-electron chi connectivity index (χ4n) is 4.32. The molecule has 5 nitrogen and oxygen atoms in total. The average Bonchev–Trinajstić information content (AvgIpc) is 3.14. The van der Waals surface area contributed by atoms with Crippen molar-refractivity contribution in [1.82, 2.24) is 0 Å². The quantitative estimate of drug-likeness (QED) is 0.383. The van der Waals surface area contributed by atoms with Gasteiger partial charge in [-0.05, 0) is 23.6 Å². The summed E-state index contributed by atoms with van der Waals surface area (Å²) >= 11 is 0. The highest BCUT2D eigenvalue weighted by molar-refractivity contribution is 5.16. The minimum Gasteiger partial charge on any atom is -0.374 e. The highest BCUT2D eigenvalue weighted by atomic mass is 16.6. The van der Waals surface area contributed by atoms with Crippen LogP contribution in [0.5, 0.6) is 0 Å². The first-order valence-electron chi connectivity index (χ1n) is 11.7. The Morgan fingerprint density at radius 3 is 1.88 bits per heavy atom. The van der Waals surface area contributed by atoms with Gasteiger partial charge in [-0.15, -0.1) is 0 Å². The molecule has 1 saturated heterocycles. The second-order valence-corrected chi connectivity index (χ2v) is 8.70. The Bertz CT molecular complexity index is 1040. The maximum atomic E-state index is 9.49. The van der Waals surface area contributed by atoms with Crippen LogP contribution in [0.25, 0.3) is 0 Å². The van der Waals surface area contributed by atoms with E-state index in [4.69, 9.17) is 18.9 Å². The van der Waals surface area contributed by atoms with Crippen molar-refractivity contribution < 1.29 is 18.9 Å². The molecule has 1 unspecified atom stereocenters. The van der Waals surface area contributed by atoms with Crippen LogP contribution >= 0.6 is 0 Å². The SMILES string of the molecule is C[C@]1(OCc2ccccc2)C(CC#N)O[C@H](COCc2ccccc2)[C@H]1OCc1ccccc1. The van der Waals surface area contributed by atoms with E-state index in [0.29, 0.717) is 26.4 Å². The molecule has 0 amide bonds. The van der Waals surface area contributed by atoms with Crippen molar-refractivity contribution in [2.75, 3.05) is 6.61 Å². The predicted octanol–water partition coefficient (Wildman–Crippen LogP) is 5.45. The fraction of sp³-hybridized carbons (Fsp3) is 0.345. The lowest BCUT2D eigenvalue weighted by molar-refractivity contribution is -0.146. The molecule has 0 radical (unpaired) electrons. The molecule has 0 aliphatic carbocycles. The summed E-state index contributed by atoms with van der Waals surface area (Å²) < 4.78 is 25.3. The summed E-state index contributed by atoms with van der Waals surface area (Å²) in [5.41, 5.74) is 2.42. The zero-order valence-corrected chi connectivity index (χ0v) is 19.5. The first-order chi connectivity index (χ1) is 16.7. The molecule has 1 heterocycles. The third-order valence-corrected chi connectivity index (χ3v) is 6.22. The highest BCUT2D eigenvalue weighted by Crippen LogP contribution is 2.39. The Morgan fingerprint density at radius 2 is 1.32 bits per heavy atom. The average molecular weight is 458 g/mol. The summed E-state index contributed by atoms with van der Waals surface area (Å²) in [6.45, 7) is 3.65. The Kier molecular flexibility index (Phi) is 8.46. The molecule has 1 fully saturated rings. The van der Waals surface area contributed by atoms with Crippen molar-refractivity contribution in [2.45, 2.75) is 57.1 Å². The molecule has 34 heavy (non-hydrogen) atoms. The van der Waals surface area contributed by atoms with Gasteiger partial charge in [0.1, 0.15) is 23.9 Å². The Balaban J connectivity index is 1.50. The number of ether oxygens (including phenoxy) is 4. The van der Waals surface area contributed by atoms with E-state index in [1.165, 1.54) is 0 Å². The van der Waals surface area contributed by atoms with Gasteiger partial charge in [0.2, 0.25) is 0 Å². The van der Waals surface area contributed by atoms with Crippen molar-refractivity contribution in [2.24, 2.45) is 0 Å². The van der Waals surface area contributed by atoms with Crippen LogP contribution in [-0.2, 0) is 38.8 Å². The van der Waals surface area contributed by atoms with Crippen molar-refractivity contribution in [3.8, 4) is 6.07 Å². The van der Waals surface area contributed by atoms with Crippen LogP contribution in [-0.4, -0.2) is 30.5 Å². The Morgan fingerprint density at radius 1 is 0.794 bits per heavy atom. The van der Waals surface area contributed by atoms with Crippen molar-refractivity contribution >= 4 is 0 Å². The van der Waals surface area contributed by atoms with Crippen molar-refractivity contribution in [3.63, 3.8) is 0 Å². The van der Waals surface area contributed by atoms with Gasteiger partial charge in [0, 0.05) is 0 Å². The van der Waals surface area contributed by atoms with Crippen LogP contribution in [0.1, 0.15) is 30.0 Å². The topological polar surface area (TPSA) is 60.7 Å². The summed E-state index contributed by atoms with van der Waals surface area (Å²) in [6, 6.07) is 32.3. The normalized spacial score (nSPS) is 24.1. The molecule has 0 aromatic heterocycles. The fourth-order valence-corrected chi connectivity index (χ4v) is 4.32. The summed E-state index contributed by atoms with van der Waals surface area (Å²) in [4.78, 5) is 0. The molecule has 1 aliphatic heterocycles. The van der Waals surface area contributed by atoms with Gasteiger partial charge < -0.3 is 18.9 Å². The minimum absolute atomic E-state index is 0.214. The van der Waals surface area contributed by atoms with E-state index in [9.17, 15) is 5.26 Å². The van der Waals surface area contributed by atoms with Gasteiger partial charge in [0.25, 0.3) is 0 Å². The molecule has 3 aromatic carbocycles. The van der Waals surface area contributed by atoms with Gasteiger partial charge >= 0.3 is 0 Å². The Labute approximate surface area is 201 Å². The van der Waals surface area contributed by atoms with E-state index < -0.39 is 17.8 Å². The van der Waals surface area contributed by atoms with Crippen molar-refractivity contribution in [3.05, 3.63) is 108 Å². The zero-order valence-electron chi connectivity index (χ0n) is 19.5. The zero-order chi connectivity index (χ0) is 23.6. The number of hydrogen-bond donors (Lipinski definition) is 0. The molecule has 0 N–H and O–H groups in total. The van der Waals surface area contributed by atoms with E-state index in [1.807, 2.05) is 97.9 Å². The van der Waals surface area contributed by atoms with Crippen LogP contribution < -0.4 is 0 Å². The summed E-state index contributed by atoms with van der Waals surface area (Å²) in [5.74, 6) is 0. The number of nitriles is 1. The largest absolute Gasteiger partial charge is 0.374 e. The summed E-state index contributed by atoms with van der Waals surface area (Å²) in [5, 5.41) is 9.49. The molecule has 0 saturated carbocycles. The monoisotopic (exact) mass is 457 g/mol. The summed E-state index contributed by atoms with van der Waals surface area (Å²) in [7, 11) is 0. The first-order valence-corrected chi connectivity index (χ1v) is 11.7. The van der Waals surface area contributed by atoms with Gasteiger partial charge in [-0.1, -0.05) is 91.0 Å². The predicted molar refractivity (Wildman–Crippen MR) is 130 cm³/mol. The maximum Gasteiger partial charge on any atom is 0.122 e. The lowest BCUT2D eigenvalue weighted by Gasteiger charge is -2.35. The van der Waals surface area contributed by atoms with Gasteiger partial charge in [-0.25, -0.2) is 0 Å². The van der Waals surface area contributed by atoms with E-state index in [2.05, 4.69) is 6.07 Å². The maximum absolute atomic E-state index is 9.49. The smallest absolute Gasteiger partial charge is 0.122 e. The second kappa shape index (κ2) is 11.9. The molecule has 3 aromatic rings. The standard InChI is InChI=1S/C29H31NO4/c1-29(33-21-25-15-9-4-10-16-25)27(17-18-30)34-26(22-31-19-23-11-5-2-6-12-23)28(29)32-20-24-13-7-3-8-14-24/h2-16,26-28H,17,19-22H2,1H3/t26-,27?,28-,29+/m1/s1. The number of rotatable bonds is 11. The number of nitrogens with zero attached hydrogens (tertiary/aromatic N) is 1.